The Morgan fingerprint density at radius 3 is 2.39 bits per heavy atom. The Morgan fingerprint density at radius 1 is 1.06 bits per heavy atom. The van der Waals surface area contributed by atoms with Crippen molar-refractivity contribution < 1.29 is 23.4 Å². The largest absolute Gasteiger partial charge is 0.504 e. The number of phenolic OH excluding ortho intramolecular Hbond substituents is 1. The van der Waals surface area contributed by atoms with Crippen molar-refractivity contribution >= 4 is 11.6 Å². The number of phenols is 1. The number of rotatable bonds is 6. The fraction of sp³-hybridized carbons (Fsp3) is 0.269. The quantitative estimate of drug-likeness (QED) is 0.573. The first-order valence-corrected chi connectivity index (χ1v) is 10.9. The molecule has 1 heterocycles. The van der Waals surface area contributed by atoms with Crippen molar-refractivity contribution in [3.05, 3.63) is 89.5 Å². The van der Waals surface area contributed by atoms with E-state index in [2.05, 4.69) is 4.90 Å². The number of nitrogens with zero attached hydrogens (tertiary/aromatic N) is 2. The van der Waals surface area contributed by atoms with Crippen molar-refractivity contribution in [3.8, 4) is 11.5 Å². The molecule has 0 radical (unpaired) electrons. The van der Waals surface area contributed by atoms with E-state index in [4.69, 9.17) is 4.74 Å². The van der Waals surface area contributed by atoms with Crippen LogP contribution in [-0.4, -0.2) is 42.2 Å². The number of carbonyl (C=O) groups excluding carboxylic acids is 1. The molecule has 5 nitrogen and oxygen atoms in total. The average Bonchev–Trinajstić information content (AvgIpc) is 2.82. The Morgan fingerprint density at radius 2 is 1.76 bits per heavy atom. The lowest BCUT2D eigenvalue weighted by Gasteiger charge is -2.38. The van der Waals surface area contributed by atoms with Gasteiger partial charge in [0, 0.05) is 31.4 Å². The number of halogens is 2. The molecule has 0 atom stereocenters. The van der Waals surface area contributed by atoms with E-state index >= 15 is 0 Å². The monoisotopic (exact) mass is 452 g/mol. The number of ether oxygens (including phenoxy) is 1. The molecule has 0 saturated carbocycles. The number of benzene rings is 3. The summed E-state index contributed by atoms with van der Waals surface area (Å²) in [5, 5.41) is 10.0. The Bertz CT molecular complexity index is 1110. The fourth-order valence-electron chi connectivity index (χ4n) is 4.29. The second-order valence-electron chi connectivity index (χ2n) is 8.14. The topological polar surface area (TPSA) is 53.0 Å². The first-order valence-electron chi connectivity index (χ1n) is 10.9. The number of methoxy groups -OCH3 is 1. The molecule has 1 aliphatic heterocycles. The molecule has 7 heteroatoms. The zero-order valence-corrected chi connectivity index (χ0v) is 18.4. The van der Waals surface area contributed by atoms with Crippen LogP contribution in [0, 0.1) is 11.6 Å². The van der Waals surface area contributed by atoms with Crippen LogP contribution < -0.4 is 9.64 Å². The zero-order valence-electron chi connectivity index (χ0n) is 18.4. The molecule has 4 rings (SSSR count). The van der Waals surface area contributed by atoms with Crippen LogP contribution in [0.4, 0.5) is 14.5 Å². The van der Waals surface area contributed by atoms with E-state index in [1.165, 1.54) is 31.4 Å². The van der Waals surface area contributed by atoms with E-state index in [9.17, 15) is 18.7 Å². The predicted octanol–water partition coefficient (Wildman–Crippen LogP) is 4.99. The third kappa shape index (κ3) is 5.14. The molecule has 0 aliphatic carbocycles. The maximum absolute atomic E-state index is 14.4. The summed E-state index contributed by atoms with van der Waals surface area (Å²) >= 11 is 0. The van der Waals surface area contributed by atoms with Gasteiger partial charge in [-0.25, -0.2) is 8.78 Å². The van der Waals surface area contributed by atoms with Gasteiger partial charge < -0.3 is 14.7 Å². The van der Waals surface area contributed by atoms with Gasteiger partial charge in [0.05, 0.1) is 12.7 Å². The first-order chi connectivity index (χ1) is 16.0. The van der Waals surface area contributed by atoms with Crippen LogP contribution in [0.1, 0.15) is 28.8 Å². The maximum atomic E-state index is 14.4. The number of hydrogen-bond donors (Lipinski definition) is 1. The van der Waals surface area contributed by atoms with Crippen LogP contribution in [0.3, 0.4) is 0 Å². The summed E-state index contributed by atoms with van der Waals surface area (Å²) in [6.45, 7) is 2.10. The van der Waals surface area contributed by atoms with E-state index in [-0.39, 0.29) is 17.4 Å². The Hall–Kier alpha value is -3.45. The van der Waals surface area contributed by atoms with Crippen molar-refractivity contribution in [2.45, 2.75) is 25.4 Å². The molecule has 1 amide bonds. The van der Waals surface area contributed by atoms with Gasteiger partial charge in [-0.1, -0.05) is 18.2 Å². The summed E-state index contributed by atoms with van der Waals surface area (Å²) in [5.74, 6) is -0.874. The number of likely N-dealkylation sites (tertiary alicyclic amines) is 1. The van der Waals surface area contributed by atoms with Gasteiger partial charge in [-0.3, -0.25) is 9.69 Å². The van der Waals surface area contributed by atoms with Crippen LogP contribution >= 0.6 is 0 Å². The molecule has 33 heavy (non-hydrogen) atoms. The molecule has 1 saturated heterocycles. The summed E-state index contributed by atoms with van der Waals surface area (Å²) in [4.78, 5) is 17.2. The molecule has 0 unspecified atom stereocenters. The number of aromatic hydroxyl groups is 1. The van der Waals surface area contributed by atoms with Crippen molar-refractivity contribution in [1.29, 1.82) is 0 Å². The average molecular weight is 453 g/mol. The van der Waals surface area contributed by atoms with Gasteiger partial charge in [0.15, 0.2) is 11.5 Å². The van der Waals surface area contributed by atoms with Crippen LogP contribution in [0.15, 0.2) is 66.7 Å². The highest BCUT2D eigenvalue weighted by molar-refractivity contribution is 6.06. The molecule has 0 aromatic heterocycles. The molecule has 0 spiro atoms. The lowest BCUT2D eigenvalue weighted by Crippen LogP contribution is -2.47. The third-order valence-corrected chi connectivity index (χ3v) is 6.00. The second-order valence-corrected chi connectivity index (χ2v) is 8.14. The van der Waals surface area contributed by atoms with Gasteiger partial charge in [-0.05, 0) is 66.9 Å². The second kappa shape index (κ2) is 10.0. The van der Waals surface area contributed by atoms with Crippen molar-refractivity contribution in [3.63, 3.8) is 0 Å². The van der Waals surface area contributed by atoms with Gasteiger partial charge in [0.25, 0.3) is 5.91 Å². The van der Waals surface area contributed by atoms with E-state index in [0.29, 0.717) is 30.8 Å². The minimum absolute atomic E-state index is 0.00189. The molecular formula is C26H26F2N2O3. The normalized spacial score (nSPS) is 14.8. The van der Waals surface area contributed by atoms with E-state index in [0.717, 1.165) is 18.7 Å². The highest BCUT2D eigenvalue weighted by Crippen LogP contribution is 2.29. The van der Waals surface area contributed by atoms with Crippen LogP contribution in [-0.2, 0) is 6.54 Å². The van der Waals surface area contributed by atoms with Crippen molar-refractivity contribution in [1.82, 2.24) is 4.90 Å². The molecule has 0 bridgehead atoms. The lowest BCUT2D eigenvalue weighted by molar-refractivity contribution is 0.0954. The van der Waals surface area contributed by atoms with Gasteiger partial charge in [0.2, 0.25) is 0 Å². The first kappa shape index (κ1) is 22.7. The molecule has 3 aromatic rings. The van der Waals surface area contributed by atoms with Crippen molar-refractivity contribution in [2.75, 3.05) is 25.1 Å². The van der Waals surface area contributed by atoms with E-state index in [1.807, 2.05) is 6.07 Å². The van der Waals surface area contributed by atoms with Crippen LogP contribution in [0.25, 0.3) is 0 Å². The SMILES string of the molecule is COc1ccc(CN2CCC(N(C(=O)c3ccccc3F)c3ccc(F)cc3)CC2)cc1O. The van der Waals surface area contributed by atoms with Gasteiger partial charge >= 0.3 is 0 Å². The number of amides is 1. The summed E-state index contributed by atoms with van der Waals surface area (Å²) in [6, 6.07) is 16.8. The summed E-state index contributed by atoms with van der Waals surface area (Å²) < 4.78 is 33.0. The molecular weight excluding hydrogens is 426 g/mol. The molecule has 3 aromatic carbocycles. The highest BCUT2D eigenvalue weighted by Gasteiger charge is 2.31. The number of carbonyl (C=O) groups is 1. The van der Waals surface area contributed by atoms with Crippen LogP contribution in [0.5, 0.6) is 11.5 Å². The van der Waals surface area contributed by atoms with E-state index in [1.54, 1.807) is 41.3 Å². The summed E-state index contributed by atoms with van der Waals surface area (Å²) in [5.41, 5.74) is 1.51. The van der Waals surface area contributed by atoms with Gasteiger partial charge in [-0.2, -0.15) is 0 Å². The molecule has 1 aliphatic rings. The van der Waals surface area contributed by atoms with Crippen molar-refractivity contribution in [2.24, 2.45) is 0 Å². The summed E-state index contributed by atoms with van der Waals surface area (Å²) in [6.07, 6.45) is 1.36. The number of piperidine rings is 1. The van der Waals surface area contributed by atoms with Gasteiger partial charge in [-0.15, -0.1) is 0 Å². The number of hydrogen-bond acceptors (Lipinski definition) is 4. The Balaban J connectivity index is 1.50. The highest BCUT2D eigenvalue weighted by atomic mass is 19.1. The molecule has 172 valence electrons. The standard InChI is InChI=1S/C26H26F2N2O3/c1-33-25-11-6-18(16-24(25)31)17-29-14-12-21(13-15-29)30(20-9-7-19(27)8-10-20)26(32)22-4-2-3-5-23(22)28/h2-11,16,21,31H,12-15,17H2,1H3. The predicted molar refractivity (Wildman–Crippen MR) is 123 cm³/mol. The molecule has 1 fully saturated rings. The Labute approximate surface area is 191 Å². The minimum Gasteiger partial charge on any atom is -0.504 e. The fourth-order valence-corrected chi connectivity index (χ4v) is 4.29. The molecule has 1 N–H and O–H groups in total. The third-order valence-electron chi connectivity index (χ3n) is 6.00. The minimum atomic E-state index is -0.577. The van der Waals surface area contributed by atoms with E-state index < -0.39 is 17.5 Å². The lowest BCUT2D eigenvalue weighted by atomic mass is 10.00. The van der Waals surface area contributed by atoms with Crippen LogP contribution in [0.2, 0.25) is 0 Å². The Kier molecular flexibility index (Phi) is 6.89. The zero-order chi connectivity index (χ0) is 23.4. The maximum Gasteiger partial charge on any atom is 0.261 e. The number of anilines is 1. The summed E-state index contributed by atoms with van der Waals surface area (Å²) in [7, 11) is 1.51. The smallest absolute Gasteiger partial charge is 0.261 e. The van der Waals surface area contributed by atoms with Gasteiger partial charge in [0.1, 0.15) is 11.6 Å².